The standard InChI is InChI=1S/C11H17BrN2O2S/c1-8(2)5-6-17(15,16)14-11-7-9(13)3-4-10(11)12/h3-4,7-8,14H,5-6,13H2,1-2H3. The van der Waals surface area contributed by atoms with Crippen molar-refractivity contribution in [3.05, 3.63) is 22.7 Å². The van der Waals surface area contributed by atoms with Crippen molar-refractivity contribution in [2.75, 3.05) is 16.2 Å². The van der Waals surface area contributed by atoms with E-state index in [0.29, 0.717) is 28.2 Å². The Labute approximate surface area is 111 Å². The second kappa shape index (κ2) is 5.73. The number of nitrogens with two attached hydrogens (primary N) is 1. The summed E-state index contributed by atoms with van der Waals surface area (Å²) < 4.78 is 26.8. The highest BCUT2D eigenvalue weighted by molar-refractivity contribution is 9.10. The maximum Gasteiger partial charge on any atom is 0.232 e. The SMILES string of the molecule is CC(C)CCS(=O)(=O)Nc1cc(N)ccc1Br. The molecule has 0 bridgehead atoms. The topological polar surface area (TPSA) is 72.2 Å². The summed E-state index contributed by atoms with van der Waals surface area (Å²) in [5.74, 6) is 0.474. The molecular weight excluding hydrogens is 304 g/mol. The van der Waals surface area contributed by atoms with Crippen LogP contribution in [-0.2, 0) is 10.0 Å². The predicted molar refractivity (Wildman–Crippen MR) is 75.4 cm³/mol. The smallest absolute Gasteiger partial charge is 0.232 e. The Bertz CT molecular complexity index is 486. The van der Waals surface area contributed by atoms with E-state index in [1.165, 1.54) is 0 Å². The number of rotatable bonds is 5. The minimum atomic E-state index is -3.30. The van der Waals surface area contributed by atoms with Crippen LogP contribution in [0.2, 0.25) is 0 Å². The molecule has 0 aliphatic carbocycles. The van der Waals surface area contributed by atoms with E-state index in [9.17, 15) is 8.42 Å². The first-order chi connectivity index (χ1) is 7.80. The zero-order valence-corrected chi connectivity index (χ0v) is 12.3. The molecule has 1 aromatic carbocycles. The number of hydrogen-bond donors (Lipinski definition) is 2. The van der Waals surface area contributed by atoms with E-state index in [1.807, 2.05) is 13.8 Å². The molecule has 6 heteroatoms. The van der Waals surface area contributed by atoms with E-state index < -0.39 is 10.0 Å². The molecule has 0 aliphatic rings. The number of nitrogen functional groups attached to an aromatic ring is 1. The Balaban J connectivity index is 2.79. The lowest BCUT2D eigenvalue weighted by Gasteiger charge is -2.11. The van der Waals surface area contributed by atoms with Gasteiger partial charge in [-0.1, -0.05) is 13.8 Å². The van der Waals surface area contributed by atoms with Crippen LogP contribution in [0.5, 0.6) is 0 Å². The maximum absolute atomic E-state index is 11.8. The van der Waals surface area contributed by atoms with Gasteiger partial charge in [0, 0.05) is 10.2 Å². The van der Waals surface area contributed by atoms with Gasteiger partial charge in [-0.15, -0.1) is 0 Å². The molecule has 0 fully saturated rings. The van der Waals surface area contributed by atoms with Crippen molar-refractivity contribution in [1.29, 1.82) is 0 Å². The Kier molecular flexibility index (Phi) is 4.82. The van der Waals surface area contributed by atoms with E-state index >= 15 is 0 Å². The third-order valence-electron chi connectivity index (χ3n) is 2.22. The lowest BCUT2D eigenvalue weighted by atomic mass is 10.2. The Morgan fingerprint density at radius 3 is 2.65 bits per heavy atom. The van der Waals surface area contributed by atoms with Crippen LogP contribution in [0.3, 0.4) is 0 Å². The fourth-order valence-electron chi connectivity index (χ4n) is 1.23. The summed E-state index contributed by atoms with van der Waals surface area (Å²) in [5, 5.41) is 0. The molecule has 0 spiro atoms. The molecule has 0 radical (unpaired) electrons. The third kappa shape index (κ3) is 4.95. The number of hydrogen-bond acceptors (Lipinski definition) is 3. The molecule has 0 aliphatic heterocycles. The molecule has 0 unspecified atom stereocenters. The van der Waals surface area contributed by atoms with Crippen molar-refractivity contribution >= 4 is 37.3 Å². The molecule has 0 saturated carbocycles. The Hall–Kier alpha value is -0.750. The summed E-state index contributed by atoms with van der Waals surface area (Å²) in [5.41, 5.74) is 6.62. The van der Waals surface area contributed by atoms with Crippen LogP contribution in [0.4, 0.5) is 11.4 Å². The van der Waals surface area contributed by atoms with Crippen LogP contribution in [0.25, 0.3) is 0 Å². The Morgan fingerprint density at radius 1 is 1.41 bits per heavy atom. The lowest BCUT2D eigenvalue weighted by molar-refractivity contribution is 0.578. The zero-order chi connectivity index (χ0) is 13.1. The molecule has 0 aromatic heterocycles. The highest BCUT2D eigenvalue weighted by Crippen LogP contribution is 2.25. The number of halogens is 1. The van der Waals surface area contributed by atoms with Crippen LogP contribution in [-0.4, -0.2) is 14.2 Å². The van der Waals surface area contributed by atoms with Crippen molar-refractivity contribution < 1.29 is 8.42 Å². The third-order valence-corrected chi connectivity index (χ3v) is 4.22. The lowest BCUT2D eigenvalue weighted by Crippen LogP contribution is -2.18. The molecule has 1 rings (SSSR count). The van der Waals surface area contributed by atoms with Crippen LogP contribution < -0.4 is 10.5 Å². The van der Waals surface area contributed by atoms with Gasteiger partial charge in [0.15, 0.2) is 0 Å². The average molecular weight is 321 g/mol. The van der Waals surface area contributed by atoms with Crippen LogP contribution >= 0.6 is 15.9 Å². The zero-order valence-electron chi connectivity index (χ0n) is 9.90. The summed E-state index contributed by atoms with van der Waals surface area (Å²) in [6.45, 7) is 3.98. The van der Waals surface area contributed by atoms with Gasteiger partial charge >= 0.3 is 0 Å². The maximum atomic E-state index is 11.8. The van der Waals surface area contributed by atoms with Crippen LogP contribution in [0, 0.1) is 5.92 Å². The van der Waals surface area contributed by atoms with E-state index in [1.54, 1.807) is 18.2 Å². The molecule has 1 aromatic rings. The molecule has 0 heterocycles. The van der Waals surface area contributed by atoms with E-state index in [2.05, 4.69) is 20.7 Å². The summed E-state index contributed by atoms with van der Waals surface area (Å²) >= 11 is 3.28. The van der Waals surface area contributed by atoms with Crippen molar-refractivity contribution in [2.45, 2.75) is 20.3 Å². The second-order valence-electron chi connectivity index (χ2n) is 4.34. The number of anilines is 2. The highest BCUT2D eigenvalue weighted by atomic mass is 79.9. The summed E-state index contributed by atoms with van der Waals surface area (Å²) in [7, 11) is -3.30. The molecule has 3 N–H and O–H groups in total. The van der Waals surface area contributed by atoms with Gasteiger partial charge < -0.3 is 5.73 Å². The van der Waals surface area contributed by atoms with Crippen LogP contribution in [0.1, 0.15) is 20.3 Å². The van der Waals surface area contributed by atoms with E-state index in [-0.39, 0.29) is 5.75 Å². The highest BCUT2D eigenvalue weighted by Gasteiger charge is 2.13. The van der Waals surface area contributed by atoms with Gasteiger partial charge in [0.2, 0.25) is 10.0 Å². The van der Waals surface area contributed by atoms with Crippen molar-refractivity contribution in [2.24, 2.45) is 5.92 Å². The minimum Gasteiger partial charge on any atom is -0.399 e. The van der Waals surface area contributed by atoms with E-state index in [0.717, 1.165) is 0 Å². The molecule has 0 saturated heterocycles. The fraction of sp³-hybridized carbons (Fsp3) is 0.455. The normalized spacial score (nSPS) is 11.8. The monoisotopic (exact) mass is 320 g/mol. The molecule has 96 valence electrons. The summed E-state index contributed by atoms with van der Waals surface area (Å²) in [6.07, 6.45) is 0.634. The quantitative estimate of drug-likeness (QED) is 0.819. The summed E-state index contributed by atoms with van der Waals surface area (Å²) in [4.78, 5) is 0. The first-order valence-electron chi connectivity index (χ1n) is 5.35. The average Bonchev–Trinajstić information content (AvgIpc) is 2.20. The molecule has 0 atom stereocenters. The van der Waals surface area contributed by atoms with Crippen molar-refractivity contribution in [3.8, 4) is 0 Å². The minimum absolute atomic E-state index is 0.117. The molecule has 0 amide bonds. The van der Waals surface area contributed by atoms with Gasteiger partial charge in [-0.25, -0.2) is 8.42 Å². The first-order valence-corrected chi connectivity index (χ1v) is 7.80. The van der Waals surface area contributed by atoms with E-state index in [4.69, 9.17) is 5.73 Å². The molecular formula is C11H17BrN2O2S. The van der Waals surface area contributed by atoms with Crippen molar-refractivity contribution in [1.82, 2.24) is 0 Å². The van der Waals surface area contributed by atoms with Gasteiger partial charge in [-0.2, -0.15) is 0 Å². The number of sulfonamides is 1. The predicted octanol–water partition coefficient (Wildman–Crippen LogP) is 2.82. The number of benzene rings is 1. The van der Waals surface area contributed by atoms with Gasteiger partial charge in [-0.05, 0) is 46.5 Å². The largest absolute Gasteiger partial charge is 0.399 e. The molecule has 4 nitrogen and oxygen atoms in total. The van der Waals surface area contributed by atoms with Crippen LogP contribution in [0.15, 0.2) is 22.7 Å². The number of nitrogens with one attached hydrogen (secondary N) is 1. The van der Waals surface area contributed by atoms with Gasteiger partial charge in [0.05, 0.1) is 11.4 Å². The van der Waals surface area contributed by atoms with Gasteiger partial charge in [0.1, 0.15) is 0 Å². The second-order valence-corrected chi connectivity index (χ2v) is 7.04. The van der Waals surface area contributed by atoms with Gasteiger partial charge in [-0.3, -0.25) is 4.72 Å². The molecule has 17 heavy (non-hydrogen) atoms. The first kappa shape index (κ1) is 14.3. The summed E-state index contributed by atoms with van der Waals surface area (Å²) in [6, 6.07) is 5.02. The van der Waals surface area contributed by atoms with Gasteiger partial charge in [0.25, 0.3) is 0 Å². The Morgan fingerprint density at radius 2 is 2.06 bits per heavy atom. The fourth-order valence-corrected chi connectivity index (χ4v) is 3.10. The van der Waals surface area contributed by atoms with Crippen molar-refractivity contribution in [3.63, 3.8) is 0 Å².